The van der Waals surface area contributed by atoms with Crippen LogP contribution in [-0.4, -0.2) is 24.4 Å². The first kappa shape index (κ1) is 14.6. The van der Waals surface area contributed by atoms with Crippen molar-refractivity contribution < 1.29 is 8.42 Å². The smallest absolute Gasteiger partial charge is 0.232 e. The van der Waals surface area contributed by atoms with Crippen molar-refractivity contribution in [2.75, 3.05) is 10.5 Å². The van der Waals surface area contributed by atoms with E-state index in [0.717, 1.165) is 22.9 Å². The van der Waals surface area contributed by atoms with Gasteiger partial charge < -0.3 is 0 Å². The molecule has 0 aliphatic rings. The Hall–Kier alpha value is -2.34. The Bertz CT molecular complexity index is 857. The highest BCUT2D eigenvalue weighted by Gasteiger charge is 2.11. The number of rotatable bonds is 6. The van der Waals surface area contributed by atoms with Gasteiger partial charge in [-0.15, -0.1) is 0 Å². The quantitative estimate of drug-likeness (QED) is 0.734. The predicted molar refractivity (Wildman–Crippen MR) is 88.3 cm³/mol. The highest BCUT2D eigenvalue weighted by Crippen LogP contribution is 2.18. The number of nitrogens with one attached hydrogen (secondary N) is 2. The van der Waals surface area contributed by atoms with E-state index < -0.39 is 10.0 Å². The minimum Gasteiger partial charge on any atom is -0.283 e. The fraction of sp³-hybridized carbons (Fsp3) is 0.188. The van der Waals surface area contributed by atoms with Gasteiger partial charge in [-0.05, 0) is 36.6 Å². The molecule has 5 nitrogen and oxygen atoms in total. The summed E-state index contributed by atoms with van der Waals surface area (Å²) < 4.78 is 26.9. The maximum atomic E-state index is 12.1. The third kappa shape index (κ3) is 3.65. The lowest BCUT2D eigenvalue weighted by atomic mass is 10.1. The number of anilines is 1. The maximum Gasteiger partial charge on any atom is 0.232 e. The Kier molecular flexibility index (Phi) is 4.11. The molecule has 1 aromatic heterocycles. The molecule has 1 heterocycles. The molecule has 0 saturated carbocycles. The van der Waals surface area contributed by atoms with Crippen LogP contribution >= 0.6 is 0 Å². The van der Waals surface area contributed by atoms with Crippen molar-refractivity contribution >= 4 is 26.6 Å². The Morgan fingerprint density at radius 1 is 1.09 bits per heavy atom. The molecule has 0 unspecified atom stereocenters. The number of nitrogens with zero attached hydrogens (tertiary/aromatic N) is 1. The second kappa shape index (κ2) is 6.19. The summed E-state index contributed by atoms with van der Waals surface area (Å²) in [6, 6.07) is 15.2. The number of benzene rings is 2. The van der Waals surface area contributed by atoms with E-state index in [9.17, 15) is 8.42 Å². The second-order valence-electron chi connectivity index (χ2n) is 5.18. The van der Waals surface area contributed by atoms with E-state index in [1.165, 1.54) is 0 Å². The topological polar surface area (TPSA) is 74.8 Å². The summed E-state index contributed by atoms with van der Waals surface area (Å²) in [6.45, 7) is 0. The first-order valence-corrected chi connectivity index (χ1v) is 8.75. The lowest BCUT2D eigenvalue weighted by molar-refractivity contribution is 0.598. The maximum absolute atomic E-state index is 12.1. The molecule has 3 rings (SSSR count). The Balaban J connectivity index is 1.60. The first-order valence-electron chi connectivity index (χ1n) is 7.10. The van der Waals surface area contributed by atoms with Crippen LogP contribution in [0.5, 0.6) is 0 Å². The second-order valence-corrected chi connectivity index (χ2v) is 7.02. The molecule has 114 valence electrons. The molecule has 0 fully saturated rings. The van der Waals surface area contributed by atoms with Gasteiger partial charge in [-0.1, -0.05) is 30.3 Å². The summed E-state index contributed by atoms with van der Waals surface area (Å²) in [5.41, 5.74) is 2.51. The standard InChI is InChI=1S/C16H17N3O2S/c20-22(21,10-4-7-13-5-2-1-3-6-13)19-15-9-8-14-12-17-18-16(14)11-15/h1-3,5-6,8-9,11-12,19H,4,7,10H2,(H,17,18). The number of aromatic nitrogens is 2. The van der Waals surface area contributed by atoms with Crippen LogP contribution in [0.4, 0.5) is 5.69 Å². The molecule has 0 bridgehead atoms. The predicted octanol–water partition coefficient (Wildman–Crippen LogP) is 2.94. The average molecular weight is 315 g/mol. The van der Waals surface area contributed by atoms with Crippen molar-refractivity contribution in [3.05, 3.63) is 60.3 Å². The third-order valence-electron chi connectivity index (χ3n) is 3.44. The molecule has 0 spiro atoms. The largest absolute Gasteiger partial charge is 0.283 e. The highest BCUT2D eigenvalue weighted by molar-refractivity contribution is 7.92. The zero-order valence-corrected chi connectivity index (χ0v) is 12.8. The van der Waals surface area contributed by atoms with Crippen molar-refractivity contribution in [3.63, 3.8) is 0 Å². The zero-order chi connectivity index (χ0) is 15.4. The molecule has 0 radical (unpaired) electrons. The summed E-state index contributed by atoms with van der Waals surface area (Å²) in [4.78, 5) is 0. The average Bonchev–Trinajstić information content (AvgIpc) is 2.95. The van der Waals surface area contributed by atoms with Crippen molar-refractivity contribution in [2.24, 2.45) is 0 Å². The van der Waals surface area contributed by atoms with Gasteiger partial charge in [0.25, 0.3) is 0 Å². The van der Waals surface area contributed by atoms with Crippen LogP contribution in [0.2, 0.25) is 0 Å². The van der Waals surface area contributed by atoms with Gasteiger partial charge in [0, 0.05) is 5.39 Å². The number of hydrogen-bond donors (Lipinski definition) is 2. The number of aromatic amines is 1. The van der Waals surface area contributed by atoms with Gasteiger partial charge in [0.2, 0.25) is 10.0 Å². The summed E-state index contributed by atoms with van der Waals surface area (Å²) in [7, 11) is -3.34. The Labute approximate surface area is 129 Å². The van der Waals surface area contributed by atoms with Gasteiger partial charge in [-0.3, -0.25) is 9.82 Å². The molecule has 22 heavy (non-hydrogen) atoms. The molecule has 2 N–H and O–H groups in total. The highest BCUT2D eigenvalue weighted by atomic mass is 32.2. The fourth-order valence-electron chi connectivity index (χ4n) is 2.34. The van der Waals surface area contributed by atoms with Gasteiger partial charge in [0.05, 0.1) is 23.2 Å². The van der Waals surface area contributed by atoms with E-state index in [2.05, 4.69) is 14.9 Å². The van der Waals surface area contributed by atoms with Gasteiger partial charge in [0.1, 0.15) is 0 Å². The lowest BCUT2D eigenvalue weighted by Gasteiger charge is -2.08. The third-order valence-corrected chi connectivity index (χ3v) is 4.81. The monoisotopic (exact) mass is 315 g/mol. The molecule has 0 aliphatic heterocycles. The number of aryl methyl sites for hydroxylation is 1. The number of fused-ring (bicyclic) bond motifs is 1. The minimum absolute atomic E-state index is 0.100. The molecule has 6 heteroatoms. The normalized spacial score (nSPS) is 11.6. The minimum atomic E-state index is -3.34. The Morgan fingerprint density at radius 3 is 2.73 bits per heavy atom. The fourth-order valence-corrected chi connectivity index (χ4v) is 3.45. The van der Waals surface area contributed by atoms with Crippen LogP contribution in [0, 0.1) is 0 Å². The molecule has 0 amide bonds. The van der Waals surface area contributed by atoms with E-state index in [-0.39, 0.29) is 5.75 Å². The summed E-state index contributed by atoms with van der Waals surface area (Å²) in [6.07, 6.45) is 3.04. The van der Waals surface area contributed by atoms with Crippen LogP contribution in [0.15, 0.2) is 54.7 Å². The SMILES string of the molecule is O=S(=O)(CCCc1ccccc1)Nc1ccc2cn[nH]c2c1. The van der Waals surface area contributed by atoms with Crippen LogP contribution in [0.1, 0.15) is 12.0 Å². The van der Waals surface area contributed by atoms with E-state index in [1.54, 1.807) is 18.3 Å². The summed E-state index contributed by atoms with van der Waals surface area (Å²) >= 11 is 0. The number of sulfonamides is 1. The van der Waals surface area contributed by atoms with Crippen molar-refractivity contribution in [2.45, 2.75) is 12.8 Å². The number of hydrogen-bond acceptors (Lipinski definition) is 3. The molecule has 0 saturated heterocycles. The summed E-state index contributed by atoms with van der Waals surface area (Å²) in [5.74, 6) is 0.100. The van der Waals surface area contributed by atoms with E-state index in [1.807, 2.05) is 36.4 Å². The van der Waals surface area contributed by atoms with Crippen LogP contribution in [0.25, 0.3) is 10.9 Å². The van der Waals surface area contributed by atoms with Gasteiger partial charge in [-0.2, -0.15) is 5.10 Å². The van der Waals surface area contributed by atoms with Crippen LogP contribution < -0.4 is 4.72 Å². The first-order chi connectivity index (χ1) is 10.6. The van der Waals surface area contributed by atoms with Gasteiger partial charge in [0.15, 0.2) is 0 Å². The molecule has 0 aliphatic carbocycles. The van der Waals surface area contributed by atoms with E-state index in [0.29, 0.717) is 12.1 Å². The van der Waals surface area contributed by atoms with Gasteiger partial charge in [-0.25, -0.2) is 8.42 Å². The van der Waals surface area contributed by atoms with Gasteiger partial charge >= 0.3 is 0 Å². The lowest BCUT2D eigenvalue weighted by Crippen LogP contribution is -2.17. The molecule has 2 aromatic carbocycles. The summed E-state index contributed by atoms with van der Waals surface area (Å²) in [5, 5.41) is 7.70. The van der Waals surface area contributed by atoms with E-state index in [4.69, 9.17) is 0 Å². The van der Waals surface area contributed by atoms with Crippen LogP contribution in [-0.2, 0) is 16.4 Å². The zero-order valence-electron chi connectivity index (χ0n) is 12.0. The molecular weight excluding hydrogens is 298 g/mol. The van der Waals surface area contributed by atoms with Crippen LogP contribution in [0.3, 0.4) is 0 Å². The van der Waals surface area contributed by atoms with E-state index >= 15 is 0 Å². The molecular formula is C16H17N3O2S. The number of H-pyrrole nitrogens is 1. The molecule has 3 aromatic rings. The Morgan fingerprint density at radius 2 is 1.91 bits per heavy atom. The van der Waals surface area contributed by atoms with Crippen molar-refractivity contribution in [3.8, 4) is 0 Å². The van der Waals surface area contributed by atoms with Crippen molar-refractivity contribution in [1.82, 2.24) is 10.2 Å². The molecule has 0 atom stereocenters. The van der Waals surface area contributed by atoms with Crippen molar-refractivity contribution in [1.29, 1.82) is 0 Å².